The number of para-hydroxylation sites is 1. The lowest BCUT2D eigenvalue weighted by molar-refractivity contribution is -0.113. The molecule has 0 bridgehead atoms. The molecule has 0 radical (unpaired) electrons. The van der Waals surface area contributed by atoms with Crippen LogP contribution >= 0.6 is 23.5 Å². The van der Waals surface area contributed by atoms with Crippen LogP contribution in [0.5, 0.6) is 0 Å². The van der Waals surface area contributed by atoms with Crippen LogP contribution in [0.2, 0.25) is 0 Å². The summed E-state index contributed by atoms with van der Waals surface area (Å²) >= 11 is 1.48. The summed E-state index contributed by atoms with van der Waals surface area (Å²) in [6, 6.07) is 18.3. The average Bonchev–Trinajstić information content (AvgIpc) is 2.80. The number of carbonyl (C=O) groups excluding carboxylic acids is 1. The van der Waals surface area contributed by atoms with Gasteiger partial charge in [0, 0.05) is 10.6 Å². The topological polar surface area (TPSA) is 64.0 Å². The molecule has 0 saturated heterocycles. The van der Waals surface area contributed by atoms with Gasteiger partial charge < -0.3 is 5.32 Å². The van der Waals surface area contributed by atoms with E-state index < -0.39 is 11.6 Å². The number of hydrogen-bond acceptors (Lipinski definition) is 5. The van der Waals surface area contributed by atoms with Crippen molar-refractivity contribution >= 4 is 46.0 Å². The highest BCUT2D eigenvalue weighted by Gasteiger charge is 2.15. The lowest BCUT2D eigenvalue weighted by atomic mass is 10.2. The molecule has 0 fully saturated rings. The molecule has 1 aromatic heterocycles. The number of hydrogen-bond donors (Lipinski definition) is 1. The SMILES string of the molecule is O=C(CSc1nc2ccccc2c(=O)n1-c1ccc(F)cc1)Nc1ccc(SC(F)F)cc1. The van der Waals surface area contributed by atoms with Crippen LogP contribution in [-0.4, -0.2) is 27.0 Å². The zero-order chi connectivity index (χ0) is 23.4. The van der Waals surface area contributed by atoms with E-state index in [4.69, 9.17) is 0 Å². The predicted molar refractivity (Wildman–Crippen MR) is 125 cm³/mol. The Morgan fingerprint density at radius 2 is 1.70 bits per heavy atom. The lowest BCUT2D eigenvalue weighted by Crippen LogP contribution is -2.23. The Labute approximate surface area is 195 Å². The number of anilines is 1. The third-order valence-electron chi connectivity index (χ3n) is 4.53. The summed E-state index contributed by atoms with van der Waals surface area (Å²) in [5, 5.41) is 3.37. The average molecular weight is 488 g/mol. The Bertz CT molecular complexity index is 1340. The Hall–Kier alpha value is -3.24. The summed E-state index contributed by atoms with van der Waals surface area (Å²) in [6.45, 7) is 0. The zero-order valence-electron chi connectivity index (χ0n) is 16.9. The van der Waals surface area contributed by atoms with Crippen LogP contribution in [0.25, 0.3) is 16.6 Å². The molecule has 1 N–H and O–H groups in total. The summed E-state index contributed by atoms with van der Waals surface area (Å²) < 4.78 is 39.6. The van der Waals surface area contributed by atoms with Gasteiger partial charge in [0.2, 0.25) is 5.91 Å². The maximum absolute atomic E-state index is 13.4. The number of nitrogens with zero attached hydrogens (tertiary/aromatic N) is 2. The molecule has 168 valence electrons. The second-order valence-electron chi connectivity index (χ2n) is 6.77. The van der Waals surface area contributed by atoms with Crippen molar-refractivity contribution in [2.45, 2.75) is 15.8 Å². The first kappa shape index (κ1) is 22.9. The largest absolute Gasteiger partial charge is 0.325 e. The first-order valence-electron chi connectivity index (χ1n) is 9.66. The van der Waals surface area contributed by atoms with Crippen molar-refractivity contribution in [2.75, 3.05) is 11.1 Å². The normalized spacial score (nSPS) is 11.2. The number of amides is 1. The molecule has 0 aliphatic carbocycles. The van der Waals surface area contributed by atoms with Crippen molar-refractivity contribution in [2.24, 2.45) is 0 Å². The maximum atomic E-state index is 13.4. The van der Waals surface area contributed by atoms with Crippen molar-refractivity contribution < 1.29 is 18.0 Å². The van der Waals surface area contributed by atoms with Crippen LogP contribution in [0.15, 0.2) is 87.6 Å². The fourth-order valence-corrected chi connectivity index (χ4v) is 4.39. The molecule has 0 aliphatic rings. The zero-order valence-corrected chi connectivity index (χ0v) is 18.5. The molecule has 10 heteroatoms. The molecule has 33 heavy (non-hydrogen) atoms. The van der Waals surface area contributed by atoms with Gasteiger partial charge in [-0.1, -0.05) is 35.7 Å². The number of nitrogens with one attached hydrogen (secondary N) is 1. The second-order valence-corrected chi connectivity index (χ2v) is 8.77. The van der Waals surface area contributed by atoms with Crippen LogP contribution in [0.4, 0.5) is 18.9 Å². The van der Waals surface area contributed by atoms with Gasteiger partial charge in [0.15, 0.2) is 5.16 Å². The Morgan fingerprint density at radius 1 is 1.00 bits per heavy atom. The molecule has 1 heterocycles. The molecular formula is C23H16F3N3O2S2. The molecule has 5 nitrogen and oxygen atoms in total. The number of aromatic nitrogens is 2. The number of carbonyl (C=O) groups is 1. The number of rotatable bonds is 7. The van der Waals surface area contributed by atoms with Crippen molar-refractivity contribution in [3.05, 3.63) is 89.0 Å². The fraction of sp³-hybridized carbons (Fsp3) is 0.0870. The second kappa shape index (κ2) is 10.1. The monoisotopic (exact) mass is 487 g/mol. The van der Waals surface area contributed by atoms with E-state index in [-0.39, 0.29) is 22.4 Å². The molecule has 3 aromatic carbocycles. The van der Waals surface area contributed by atoms with Gasteiger partial charge >= 0.3 is 0 Å². The van der Waals surface area contributed by atoms with E-state index in [1.54, 1.807) is 24.3 Å². The summed E-state index contributed by atoms with van der Waals surface area (Å²) in [4.78, 5) is 30.5. The minimum absolute atomic E-state index is 0.0560. The highest BCUT2D eigenvalue weighted by Crippen LogP contribution is 2.26. The molecule has 4 aromatic rings. The number of thioether (sulfide) groups is 2. The van der Waals surface area contributed by atoms with Gasteiger partial charge in [-0.05, 0) is 60.7 Å². The third kappa shape index (κ3) is 5.58. The molecule has 1 amide bonds. The summed E-state index contributed by atoms with van der Waals surface area (Å²) in [7, 11) is 0. The Kier molecular flexibility index (Phi) is 7.05. The highest BCUT2D eigenvalue weighted by atomic mass is 32.2. The molecule has 0 saturated carbocycles. The van der Waals surface area contributed by atoms with Gasteiger partial charge in [0.1, 0.15) is 5.82 Å². The van der Waals surface area contributed by atoms with Crippen LogP contribution in [0, 0.1) is 5.82 Å². The van der Waals surface area contributed by atoms with Gasteiger partial charge in [0.25, 0.3) is 11.3 Å². The highest BCUT2D eigenvalue weighted by molar-refractivity contribution is 8.00. The molecule has 0 atom stereocenters. The van der Waals surface area contributed by atoms with Gasteiger partial charge in [-0.15, -0.1) is 0 Å². The summed E-state index contributed by atoms with van der Waals surface area (Å²) in [5.41, 5.74) is 1.04. The third-order valence-corrected chi connectivity index (χ3v) is 6.19. The van der Waals surface area contributed by atoms with Gasteiger partial charge in [-0.2, -0.15) is 8.78 Å². The van der Waals surface area contributed by atoms with Crippen LogP contribution in [-0.2, 0) is 4.79 Å². The van der Waals surface area contributed by atoms with Crippen molar-refractivity contribution in [1.82, 2.24) is 9.55 Å². The number of benzene rings is 3. The van der Waals surface area contributed by atoms with Crippen LogP contribution < -0.4 is 10.9 Å². The van der Waals surface area contributed by atoms with E-state index in [1.807, 2.05) is 0 Å². The summed E-state index contributed by atoms with van der Waals surface area (Å²) in [6.07, 6.45) is 0. The Morgan fingerprint density at radius 3 is 2.39 bits per heavy atom. The molecule has 4 rings (SSSR count). The van der Waals surface area contributed by atoms with E-state index >= 15 is 0 Å². The van der Waals surface area contributed by atoms with E-state index in [9.17, 15) is 22.8 Å². The molecule has 0 aliphatic heterocycles. The molecule has 0 unspecified atom stereocenters. The van der Waals surface area contributed by atoms with E-state index in [0.717, 1.165) is 11.8 Å². The fourth-order valence-electron chi connectivity index (χ4n) is 3.07. The summed E-state index contributed by atoms with van der Waals surface area (Å²) in [5.74, 6) is -3.37. The predicted octanol–water partition coefficient (Wildman–Crippen LogP) is 5.57. The molecule has 0 spiro atoms. The number of alkyl halides is 2. The number of fused-ring (bicyclic) bond motifs is 1. The first-order chi connectivity index (χ1) is 15.9. The van der Waals surface area contributed by atoms with Crippen molar-refractivity contribution in [3.8, 4) is 5.69 Å². The number of halogens is 3. The van der Waals surface area contributed by atoms with Gasteiger partial charge in [-0.3, -0.25) is 14.2 Å². The standard InChI is InChI=1S/C23H16F3N3O2S2/c24-14-5-9-16(10-6-14)29-21(31)18-3-1-2-4-19(18)28-23(29)32-13-20(30)27-15-7-11-17(12-8-15)33-22(25)26/h1-12,22H,13H2,(H,27,30). The minimum atomic E-state index is -2.52. The van der Waals surface area contributed by atoms with Crippen molar-refractivity contribution in [3.63, 3.8) is 0 Å². The van der Waals surface area contributed by atoms with Gasteiger partial charge in [0.05, 0.1) is 22.3 Å². The van der Waals surface area contributed by atoms with Crippen LogP contribution in [0.3, 0.4) is 0 Å². The Balaban J connectivity index is 1.56. The molecular weight excluding hydrogens is 471 g/mol. The van der Waals surface area contributed by atoms with Crippen molar-refractivity contribution in [1.29, 1.82) is 0 Å². The smallest absolute Gasteiger partial charge is 0.288 e. The van der Waals surface area contributed by atoms with E-state index in [1.165, 1.54) is 53.1 Å². The minimum Gasteiger partial charge on any atom is -0.325 e. The maximum Gasteiger partial charge on any atom is 0.288 e. The van der Waals surface area contributed by atoms with Gasteiger partial charge in [-0.25, -0.2) is 9.37 Å². The van der Waals surface area contributed by atoms with Crippen LogP contribution in [0.1, 0.15) is 0 Å². The first-order valence-corrected chi connectivity index (χ1v) is 11.5. The van der Waals surface area contributed by atoms with E-state index in [0.29, 0.717) is 38.9 Å². The quantitative estimate of drug-likeness (QED) is 0.273. The lowest BCUT2D eigenvalue weighted by Gasteiger charge is -2.13. The van der Waals surface area contributed by atoms with E-state index in [2.05, 4.69) is 10.3 Å².